The molecule has 1 atom stereocenters. The standard InChI is InChI=1S/C22H27N5O/c1-28-20-8-4-6-17(12-20)21(27-10-2-3-11-27)16-24-14-19-15-25-26-22(19)18-7-5-9-23-13-18/h4-9,12-13,15,21,24H,2-3,10-11,14,16H2,1H3,(H,25,26). The van der Waals surface area contributed by atoms with Crippen molar-refractivity contribution in [2.24, 2.45) is 0 Å². The molecule has 1 unspecified atom stereocenters. The van der Waals surface area contributed by atoms with Crippen molar-refractivity contribution in [1.82, 2.24) is 25.4 Å². The molecule has 2 N–H and O–H groups in total. The predicted molar refractivity (Wildman–Crippen MR) is 110 cm³/mol. The Hall–Kier alpha value is -2.70. The smallest absolute Gasteiger partial charge is 0.119 e. The number of pyridine rings is 1. The van der Waals surface area contributed by atoms with Crippen LogP contribution in [0.25, 0.3) is 11.3 Å². The second kappa shape index (κ2) is 8.99. The number of aromatic nitrogens is 3. The summed E-state index contributed by atoms with van der Waals surface area (Å²) in [7, 11) is 1.72. The highest BCUT2D eigenvalue weighted by atomic mass is 16.5. The van der Waals surface area contributed by atoms with E-state index in [-0.39, 0.29) is 0 Å². The Morgan fingerprint density at radius 1 is 1.18 bits per heavy atom. The minimum Gasteiger partial charge on any atom is -0.497 e. The van der Waals surface area contributed by atoms with Crippen LogP contribution in [-0.2, 0) is 6.54 Å². The zero-order valence-electron chi connectivity index (χ0n) is 16.3. The van der Waals surface area contributed by atoms with Crippen molar-refractivity contribution < 1.29 is 4.74 Å². The summed E-state index contributed by atoms with van der Waals surface area (Å²) in [6, 6.07) is 12.8. The Morgan fingerprint density at radius 2 is 2.07 bits per heavy atom. The molecule has 3 heterocycles. The number of hydrogen-bond acceptors (Lipinski definition) is 5. The predicted octanol–water partition coefficient (Wildman–Crippen LogP) is 3.41. The van der Waals surface area contributed by atoms with E-state index in [0.717, 1.165) is 48.7 Å². The molecular formula is C22H27N5O. The first kappa shape index (κ1) is 18.7. The van der Waals surface area contributed by atoms with Crippen LogP contribution in [0, 0.1) is 0 Å². The molecule has 0 amide bonds. The Kier molecular flexibility index (Phi) is 5.99. The molecule has 0 saturated carbocycles. The van der Waals surface area contributed by atoms with E-state index in [2.05, 4.69) is 43.6 Å². The van der Waals surface area contributed by atoms with Gasteiger partial charge in [0.15, 0.2) is 0 Å². The van der Waals surface area contributed by atoms with Crippen LogP contribution in [0.15, 0.2) is 55.0 Å². The highest BCUT2D eigenvalue weighted by molar-refractivity contribution is 5.61. The fraction of sp³-hybridized carbons (Fsp3) is 0.364. The normalized spacial score (nSPS) is 15.6. The summed E-state index contributed by atoms with van der Waals surface area (Å²) < 4.78 is 5.44. The van der Waals surface area contributed by atoms with Gasteiger partial charge in [-0.3, -0.25) is 15.0 Å². The topological polar surface area (TPSA) is 66.1 Å². The number of likely N-dealkylation sites (tertiary alicyclic amines) is 1. The summed E-state index contributed by atoms with van der Waals surface area (Å²) in [6.45, 7) is 3.94. The SMILES string of the molecule is COc1cccc(C(CNCc2cn[nH]c2-c2cccnc2)N2CCCC2)c1. The third-order valence-electron chi connectivity index (χ3n) is 5.38. The Labute approximate surface area is 165 Å². The van der Waals surface area contributed by atoms with Gasteiger partial charge in [0.05, 0.1) is 19.0 Å². The lowest BCUT2D eigenvalue weighted by molar-refractivity contribution is 0.238. The summed E-state index contributed by atoms with van der Waals surface area (Å²) in [4.78, 5) is 6.78. The second-order valence-electron chi connectivity index (χ2n) is 7.18. The molecule has 28 heavy (non-hydrogen) atoms. The summed E-state index contributed by atoms with van der Waals surface area (Å²) in [5, 5.41) is 11.0. The monoisotopic (exact) mass is 377 g/mol. The molecule has 0 bridgehead atoms. The van der Waals surface area contributed by atoms with Crippen LogP contribution >= 0.6 is 0 Å². The van der Waals surface area contributed by atoms with Crippen LogP contribution in [0.1, 0.15) is 30.0 Å². The number of nitrogens with zero attached hydrogens (tertiary/aromatic N) is 3. The number of benzene rings is 1. The lowest BCUT2D eigenvalue weighted by Crippen LogP contribution is -2.34. The van der Waals surface area contributed by atoms with E-state index < -0.39 is 0 Å². The first-order valence-corrected chi connectivity index (χ1v) is 9.86. The van der Waals surface area contributed by atoms with Gasteiger partial charge in [0.2, 0.25) is 0 Å². The van der Waals surface area contributed by atoms with Crippen molar-refractivity contribution in [3.63, 3.8) is 0 Å². The van der Waals surface area contributed by atoms with Crippen molar-refractivity contribution in [3.05, 3.63) is 66.1 Å². The fourth-order valence-electron chi connectivity index (χ4n) is 3.91. The van der Waals surface area contributed by atoms with Crippen LogP contribution in [0.4, 0.5) is 0 Å². The summed E-state index contributed by atoms with van der Waals surface area (Å²) in [6.07, 6.45) is 8.08. The quantitative estimate of drug-likeness (QED) is 0.630. The number of nitrogens with one attached hydrogen (secondary N) is 2. The van der Waals surface area contributed by atoms with Crippen LogP contribution in [0.2, 0.25) is 0 Å². The van der Waals surface area contributed by atoms with Gasteiger partial charge in [0, 0.05) is 42.7 Å². The van der Waals surface area contributed by atoms with E-state index in [1.54, 1.807) is 13.3 Å². The molecule has 3 aromatic rings. The van der Waals surface area contributed by atoms with Gasteiger partial charge < -0.3 is 10.1 Å². The van der Waals surface area contributed by atoms with E-state index in [1.807, 2.05) is 30.6 Å². The molecule has 1 aliphatic heterocycles. The first-order valence-electron chi connectivity index (χ1n) is 9.86. The molecule has 1 fully saturated rings. The highest BCUT2D eigenvalue weighted by Gasteiger charge is 2.23. The van der Waals surface area contributed by atoms with Crippen molar-refractivity contribution >= 4 is 0 Å². The third kappa shape index (κ3) is 4.24. The minimum absolute atomic E-state index is 0.339. The Bertz CT molecular complexity index is 873. The molecule has 6 nitrogen and oxygen atoms in total. The van der Waals surface area contributed by atoms with Crippen molar-refractivity contribution in [3.8, 4) is 17.0 Å². The molecule has 6 heteroatoms. The van der Waals surface area contributed by atoms with Gasteiger partial charge in [-0.05, 0) is 55.8 Å². The zero-order valence-corrected chi connectivity index (χ0v) is 16.3. The first-order chi connectivity index (χ1) is 13.8. The molecular weight excluding hydrogens is 350 g/mol. The number of ether oxygens (including phenoxy) is 1. The van der Waals surface area contributed by atoms with E-state index >= 15 is 0 Å². The number of aromatic amines is 1. The van der Waals surface area contributed by atoms with Gasteiger partial charge in [0.25, 0.3) is 0 Å². The van der Waals surface area contributed by atoms with Gasteiger partial charge >= 0.3 is 0 Å². The van der Waals surface area contributed by atoms with E-state index in [4.69, 9.17) is 4.74 Å². The van der Waals surface area contributed by atoms with Crippen LogP contribution in [0.3, 0.4) is 0 Å². The molecule has 0 aliphatic carbocycles. The van der Waals surface area contributed by atoms with Crippen molar-refractivity contribution in [2.45, 2.75) is 25.4 Å². The van der Waals surface area contributed by atoms with Crippen molar-refractivity contribution in [1.29, 1.82) is 0 Å². The van der Waals surface area contributed by atoms with Gasteiger partial charge in [0.1, 0.15) is 5.75 Å². The highest BCUT2D eigenvalue weighted by Crippen LogP contribution is 2.27. The third-order valence-corrected chi connectivity index (χ3v) is 5.38. The van der Waals surface area contributed by atoms with Gasteiger partial charge in [-0.2, -0.15) is 5.10 Å². The summed E-state index contributed by atoms with van der Waals surface area (Å²) in [5.74, 6) is 0.912. The Morgan fingerprint density at radius 3 is 2.86 bits per heavy atom. The number of rotatable bonds is 8. The van der Waals surface area contributed by atoms with Gasteiger partial charge in [-0.25, -0.2) is 0 Å². The minimum atomic E-state index is 0.339. The fourth-order valence-corrected chi connectivity index (χ4v) is 3.91. The molecule has 0 spiro atoms. The molecule has 1 aliphatic rings. The van der Waals surface area contributed by atoms with E-state index in [9.17, 15) is 0 Å². The lowest BCUT2D eigenvalue weighted by Gasteiger charge is -2.28. The van der Waals surface area contributed by atoms with Crippen LogP contribution < -0.4 is 10.1 Å². The number of hydrogen-bond donors (Lipinski definition) is 2. The molecule has 4 rings (SSSR count). The Balaban J connectivity index is 1.46. The van der Waals surface area contributed by atoms with Gasteiger partial charge in [-0.15, -0.1) is 0 Å². The summed E-state index contributed by atoms with van der Waals surface area (Å²) in [5.41, 5.74) is 4.53. The van der Waals surface area contributed by atoms with Crippen LogP contribution in [0.5, 0.6) is 5.75 Å². The molecule has 2 aromatic heterocycles. The average Bonchev–Trinajstić information content (AvgIpc) is 3.44. The largest absolute Gasteiger partial charge is 0.497 e. The number of methoxy groups -OCH3 is 1. The molecule has 0 radical (unpaired) electrons. The van der Waals surface area contributed by atoms with E-state index in [0.29, 0.717) is 6.04 Å². The van der Waals surface area contributed by atoms with Crippen molar-refractivity contribution in [2.75, 3.05) is 26.7 Å². The molecule has 1 saturated heterocycles. The molecule has 1 aromatic carbocycles. The zero-order chi connectivity index (χ0) is 19.2. The maximum atomic E-state index is 5.44. The second-order valence-corrected chi connectivity index (χ2v) is 7.18. The van der Waals surface area contributed by atoms with E-state index in [1.165, 1.54) is 18.4 Å². The summed E-state index contributed by atoms with van der Waals surface area (Å²) >= 11 is 0. The lowest BCUT2D eigenvalue weighted by atomic mass is 10.0. The maximum Gasteiger partial charge on any atom is 0.119 e. The van der Waals surface area contributed by atoms with Crippen LogP contribution in [-0.4, -0.2) is 46.8 Å². The molecule has 146 valence electrons. The average molecular weight is 377 g/mol. The number of H-pyrrole nitrogens is 1. The van der Waals surface area contributed by atoms with Gasteiger partial charge in [-0.1, -0.05) is 12.1 Å². The maximum absolute atomic E-state index is 5.44.